The molecule has 4 aromatic rings. The predicted molar refractivity (Wildman–Crippen MR) is 140 cm³/mol. The third kappa shape index (κ3) is 5.04. The molecule has 0 bridgehead atoms. The Morgan fingerprint density at radius 1 is 1.12 bits per heavy atom. The largest absolute Gasteiger partial charge is 0.495 e. The van der Waals surface area contributed by atoms with E-state index in [0.717, 1.165) is 21.2 Å². The summed E-state index contributed by atoms with van der Waals surface area (Å²) in [6.07, 6.45) is -4.42. The number of hydrogen-bond donors (Lipinski definition) is 2. The van der Waals surface area contributed by atoms with Crippen LogP contribution in [-0.4, -0.2) is 77.7 Å². The van der Waals surface area contributed by atoms with Crippen molar-refractivity contribution < 1.29 is 40.2 Å². The van der Waals surface area contributed by atoms with Gasteiger partial charge in [0.2, 0.25) is 15.9 Å². The summed E-state index contributed by atoms with van der Waals surface area (Å²) < 4.78 is 94.9. The van der Waals surface area contributed by atoms with Gasteiger partial charge in [0.25, 0.3) is 5.91 Å². The number of fused-ring (bicyclic) bond motifs is 1. The average Bonchev–Trinajstić information content (AvgIpc) is 3.54. The Hall–Kier alpha value is -4.51. The van der Waals surface area contributed by atoms with Crippen molar-refractivity contribution in [2.24, 2.45) is 0 Å². The van der Waals surface area contributed by atoms with Crippen molar-refractivity contribution in [3.8, 4) is 22.9 Å². The normalized spacial score (nSPS) is 17.9. The van der Waals surface area contributed by atoms with Crippen molar-refractivity contribution in [3.63, 3.8) is 0 Å². The van der Waals surface area contributed by atoms with Gasteiger partial charge in [0.15, 0.2) is 5.82 Å². The number of methoxy groups -OCH3 is 2. The molecule has 1 amide bonds. The van der Waals surface area contributed by atoms with Crippen LogP contribution < -0.4 is 20.5 Å². The van der Waals surface area contributed by atoms with E-state index in [-0.39, 0.29) is 33.3 Å². The molecule has 17 heteroatoms. The number of nitrogen functional groups attached to an aromatic ring is 1. The van der Waals surface area contributed by atoms with Crippen molar-refractivity contribution >= 4 is 27.3 Å². The number of pyridine rings is 1. The summed E-state index contributed by atoms with van der Waals surface area (Å²) >= 11 is 0. The fourth-order valence-corrected chi connectivity index (χ4v) is 6.32. The Balaban J connectivity index is 1.45. The van der Waals surface area contributed by atoms with Gasteiger partial charge in [-0.3, -0.25) is 4.79 Å². The predicted octanol–water partition coefficient (Wildman–Crippen LogP) is 2.55. The minimum atomic E-state index is -4.79. The lowest BCUT2D eigenvalue weighted by Gasteiger charge is -2.18. The van der Waals surface area contributed by atoms with Crippen LogP contribution >= 0.6 is 0 Å². The number of anilines is 1. The van der Waals surface area contributed by atoms with Crippen LogP contribution in [0, 0.1) is 0 Å². The second-order valence-corrected chi connectivity index (χ2v) is 11.1. The molecule has 0 radical (unpaired) electrons. The van der Waals surface area contributed by atoms with Crippen LogP contribution in [0.15, 0.2) is 53.8 Å². The number of benzene rings is 1. The van der Waals surface area contributed by atoms with E-state index < -0.39 is 64.3 Å². The summed E-state index contributed by atoms with van der Waals surface area (Å²) in [7, 11) is -1.65. The quantitative estimate of drug-likeness (QED) is 0.301. The second kappa shape index (κ2) is 10.7. The standard InChI is InChI=1S/C25H23F4N7O5S/c1-40-19-5-3-4-6-20(19)42(38,39)35-10-16(26)17(11-35)34-23(37)14-7-13(9-31-24(14)41-2)18-8-15(25(27,28)29)21-22(30)32-12-33-36(18)21/h3-9,12,16-17H,10-11H2,1-2H3,(H,34,37)(H2,30,32,33)/t16-,17+/m0/s1. The van der Waals surface area contributed by atoms with Crippen LogP contribution in [0.2, 0.25) is 0 Å². The van der Waals surface area contributed by atoms with Gasteiger partial charge in [-0.05, 0) is 24.3 Å². The Morgan fingerprint density at radius 3 is 2.55 bits per heavy atom. The zero-order valence-electron chi connectivity index (χ0n) is 22.0. The molecular formula is C25H23F4N7O5S. The van der Waals surface area contributed by atoms with Gasteiger partial charge in [-0.2, -0.15) is 22.6 Å². The van der Waals surface area contributed by atoms with E-state index in [0.29, 0.717) is 0 Å². The lowest BCUT2D eigenvalue weighted by atomic mass is 10.1. The number of aromatic nitrogens is 4. The first kappa shape index (κ1) is 29.0. The lowest BCUT2D eigenvalue weighted by molar-refractivity contribution is -0.136. The van der Waals surface area contributed by atoms with Crippen molar-refractivity contribution in [2.75, 3.05) is 33.0 Å². The molecule has 42 heavy (non-hydrogen) atoms. The Kier molecular flexibility index (Phi) is 7.40. The molecule has 0 spiro atoms. The molecule has 1 saturated heterocycles. The third-order valence-corrected chi connectivity index (χ3v) is 8.56. The highest BCUT2D eigenvalue weighted by molar-refractivity contribution is 7.89. The van der Waals surface area contributed by atoms with Gasteiger partial charge in [0.05, 0.1) is 31.5 Å². The number of para-hydroxylation sites is 1. The number of rotatable bonds is 7. The highest BCUT2D eigenvalue weighted by Crippen LogP contribution is 2.39. The number of ether oxygens (including phenoxy) is 2. The molecule has 0 unspecified atom stereocenters. The third-order valence-electron chi connectivity index (χ3n) is 6.69. The van der Waals surface area contributed by atoms with E-state index in [1.54, 1.807) is 6.07 Å². The zero-order valence-corrected chi connectivity index (χ0v) is 22.8. The summed E-state index contributed by atoms with van der Waals surface area (Å²) in [6.45, 7) is -0.921. The topological polar surface area (TPSA) is 154 Å². The van der Waals surface area contributed by atoms with Crippen molar-refractivity contribution in [2.45, 2.75) is 23.3 Å². The molecule has 0 aliphatic carbocycles. The van der Waals surface area contributed by atoms with Crippen LogP contribution in [0.4, 0.5) is 23.4 Å². The Labute approximate surface area is 236 Å². The number of sulfonamides is 1. The van der Waals surface area contributed by atoms with Gasteiger partial charge in [0, 0.05) is 24.8 Å². The molecule has 1 aliphatic heterocycles. The maximum Gasteiger partial charge on any atom is 0.418 e. The van der Waals surface area contributed by atoms with E-state index >= 15 is 4.39 Å². The minimum Gasteiger partial charge on any atom is -0.495 e. The van der Waals surface area contributed by atoms with Gasteiger partial charge >= 0.3 is 6.18 Å². The summed E-state index contributed by atoms with van der Waals surface area (Å²) in [6, 6.07) is 6.59. The first-order valence-electron chi connectivity index (χ1n) is 12.2. The van der Waals surface area contributed by atoms with Gasteiger partial charge in [0.1, 0.15) is 34.2 Å². The number of carbonyl (C=O) groups excluding carboxylic acids is 1. The van der Waals surface area contributed by atoms with E-state index in [1.807, 2.05) is 0 Å². The fraction of sp³-hybridized carbons (Fsp3) is 0.280. The van der Waals surface area contributed by atoms with E-state index in [9.17, 15) is 26.4 Å². The zero-order chi connectivity index (χ0) is 30.4. The number of nitrogens with zero attached hydrogens (tertiary/aromatic N) is 5. The molecule has 2 atom stereocenters. The average molecular weight is 610 g/mol. The number of nitrogens with one attached hydrogen (secondary N) is 1. The van der Waals surface area contributed by atoms with Crippen molar-refractivity contribution in [1.82, 2.24) is 29.2 Å². The lowest BCUT2D eigenvalue weighted by Crippen LogP contribution is -2.42. The van der Waals surface area contributed by atoms with Crippen molar-refractivity contribution in [1.29, 1.82) is 0 Å². The molecule has 1 aromatic carbocycles. The number of halogens is 4. The molecule has 3 aromatic heterocycles. The van der Waals surface area contributed by atoms with Crippen LogP contribution in [-0.2, 0) is 16.2 Å². The molecule has 222 valence electrons. The number of carbonyl (C=O) groups is 1. The summed E-state index contributed by atoms with van der Waals surface area (Å²) in [4.78, 5) is 20.8. The van der Waals surface area contributed by atoms with Gasteiger partial charge < -0.3 is 20.5 Å². The summed E-state index contributed by atoms with van der Waals surface area (Å²) in [5, 5.41) is 6.33. The number of alkyl halides is 4. The molecule has 5 rings (SSSR count). The van der Waals surface area contributed by atoms with Gasteiger partial charge in [-0.25, -0.2) is 27.3 Å². The van der Waals surface area contributed by atoms with Crippen molar-refractivity contribution in [3.05, 3.63) is 60.0 Å². The highest BCUT2D eigenvalue weighted by atomic mass is 32.2. The van der Waals surface area contributed by atoms with Gasteiger partial charge in [-0.1, -0.05) is 12.1 Å². The monoisotopic (exact) mass is 609 g/mol. The molecule has 4 heterocycles. The first-order valence-corrected chi connectivity index (χ1v) is 13.6. The van der Waals surface area contributed by atoms with Crippen LogP contribution in [0.5, 0.6) is 11.6 Å². The maximum atomic E-state index is 15.1. The van der Waals surface area contributed by atoms with E-state index in [4.69, 9.17) is 15.2 Å². The summed E-state index contributed by atoms with van der Waals surface area (Å²) in [5.41, 5.74) is 3.82. The molecule has 1 aliphatic rings. The smallest absolute Gasteiger partial charge is 0.418 e. The minimum absolute atomic E-state index is 0.0353. The summed E-state index contributed by atoms with van der Waals surface area (Å²) in [5.74, 6) is -1.43. The SMILES string of the molecule is COc1ccccc1S(=O)(=O)N1C[C@H](F)[C@H](NC(=O)c2cc(-c3cc(C(F)(F)F)c4c(N)ncnn34)cnc2OC)C1. The van der Waals surface area contributed by atoms with Crippen LogP contribution in [0.3, 0.4) is 0 Å². The van der Waals surface area contributed by atoms with E-state index in [2.05, 4.69) is 20.4 Å². The van der Waals surface area contributed by atoms with E-state index in [1.165, 1.54) is 44.7 Å². The number of amides is 1. The number of hydrogen-bond acceptors (Lipinski definition) is 9. The van der Waals surface area contributed by atoms with Gasteiger partial charge in [-0.15, -0.1) is 0 Å². The molecule has 0 saturated carbocycles. The fourth-order valence-electron chi connectivity index (χ4n) is 4.69. The van der Waals surface area contributed by atoms with Crippen LogP contribution in [0.25, 0.3) is 16.8 Å². The first-order chi connectivity index (χ1) is 19.9. The highest BCUT2D eigenvalue weighted by Gasteiger charge is 2.42. The molecule has 3 N–H and O–H groups in total. The van der Waals surface area contributed by atoms with Crippen LogP contribution in [0.1, 0.15) is 15.9 Å². The maximum absolute atomic E-state index is 15.1. The molecule has 12 nitrogen and oxygen atoms in total. The Bertz CT molecular complexity index is 1780. The molecule has 1 fully saturated rings. The second-order valence-electron chi connectivity index (χ2n) is 9.20. The molecular weight excluding hydrogens is 586 g/mol. The number of nitrogens with two attached hydrogens (primary N) is 1. The Morgan fingerprint density at radius 2 is 1.86 bits per heavy atom.